The number of rotatable bonds is 7. The van der Waals surface area contributed by atoms with Crippen molar-refractivity contribution in [2.45, 2.75) is 45.6 Å². The molecule has 2 N–H and O–H groups in total. The van der Waals surface area contributed by atoms with Crippen LogP contribution in [0.5, 0.6) is 0 Å². The molecule has 0 spiro atoms. The quantitative estimate of drug-likeness (QED) is 0.710. The number of carboxylic acid groups (broad SMARTS) is 1. The van der Waals surface area contributed by atoms with Gasteiger partial charge < -0.3 is 15.3 Å². The molecular weight excluding hydrogens is 248 g/mol. The SMILES string of the molecule is CCC[C@H](C)N1C[C@@H](C(=O)NCCC(=O)O)CC1=O. The lowest BCUT2D eigenvalue weighted by Gasteiger charge is -2.24. The minimum atomic E-state index is -0.944. The lowest BCUT2D eigenvalue weighted by molar-refractivity contribution is -0.137. The Morgan fingerprint density at radius 2 is 2.21 bits per heavy atom. The van der Waals surface area contributed by atoms with Crippen LogP contribution in [0.1, 0.15) is 39.5 Å². The van der Waals surface area contributed by atoms with Gasteiger partial charge >= 0.3 is 5.97 Å². The number of hydrogen-bond donors (Lipinski definition) is 2. The summed E-state index contributed by atoms with van der Waals surface area (Å²) in [6, 6.07) is 0.161. The van der Waals surface area contributed by atoms with Crippen LogP contribution in [0.25, 0.3) is 0 Å². The Bertz CT molecular complexity index is 357. The van der Waals surface area contributed by atoms with Gasteiger partial charge in [0.2, 0.25) is 11.8 Å². The van der Waals surface area contributed by atoms with E-state index in [-0.39, 0.29) is 43.2 Å². The molecule has 1 rings (SSSR count). The van der Waals surface area contributed by atoms with Gasteiger partial charge in [-0.1, -0.05) is 13.3 Å². The van der Waals surface area contributed by atoms with Crippen molar-refractivity contribution in [2.24, 2.45) is 5.92 Å². The zero-order chi connectivity index (χ0) is 14.4. The number of hydrogen-bond acceptors (Lipinski definition) is 3. The first kappa shape index (κ1) is 15.5. The molecule has 2 atom stereocenters. The van der Waals surface area contributed by atoms with Crippen molar-refractivity contribution in [3.05, 3.63) is 0 Å². The van der Waals surface area contributed by atoms with Gasteiger partial charge in [0.15, 0.2) is 0 Å². The molecule has 19 heavy (non-hydrogen) atoms. The van der Waals surface area contributed by atoms with E-state index in [0.29, 0.717) is 6.54 Å². The van der Waals surface area contributed by atoms with Gasteiger partial charge in [0.05, 0.1) is 12.3 Å². The number of nitrogens with one attached hydrogen (secondary N) is 1. The summed E-state index contributed by atoms with van der Waals surface area (Å²) in [6.45, 7) is 4.61. The fourth-order valence-corrected chi connectivity index (χ4v) is 2.34. The lowest BCUT2D eigenvalue weighted by Crippen LogP contribution is -2.37. The number of aliphatic carboxylic acids is 1. The molecule has 0 bridgehead atoms. The molecule has 1 aliphatic rings. The molecule has 0 radical (unpaired) electrons. The van der Waals surface area contributed by atoms with Crippen LogP contribution in [0.15, 0.2) is 0 Å². The maximum Gasteiger partial charge on any atom is 0.305 e. The van der Waals surface area contributed by atoms with Crippen LogP contribution in [0.2, 0.25) is 0 Å². The molecule has 108 valence electrons. The number of nitrogens with zero attached hydrogens (tertiary/aromatic N) is 1. The van der Waals surface area contributed by atoms with Gasteiger partial charge in [-0.2, -0.15) is 0 Å². The predicted molar refractivity (Wildman–Crippen MR) is 69.5 cm³/mol. The molecule has 1 saturated heterocycles. The Hall–Kier alpha value is -1.59. The van der Waals surface area contributed by atoms with Crippen LogP contribution in [-0.2, 0) is 14.4 Å². The fourth-order valence-electron chi connectivity index (χ4n) is 2.34. The second-order valence-electron chi connectivity index (χ2n) is 5.02. The third-order valence-corrected chi connectivity index (χ3v) is 3.41. The number of carbonyl (C=O) groups is 3. The number of likely N-dealkylation sites (tertiary alicyclic amines) is 1. The summed E-state index contributed by atoms with van der Waals surface area (Å²) in [4.78, 5) is 35.8. The van der Waals surface area contributed by atoms with Crippen molar-refractivity contribution >= 4 is 17.8 Å². The van der Waals surface area contributed by atoms with Gasteiger partial charge in [-0.15, -0.1) is 0 Å². The van der Waals surface area contributed by atoms with Crippen LogP contribution < -0.4 is 5.32 Å². The first-order valence-corrected chi connectivity index (χ1v) is 6.74. The van der Waals surface area contributed by atoms with Crippen LogP contribution in [-0.4, -0.2) is 46.9 Å². The highest BCUT2D eigenvalue weighted by molar-refractivity contribution is 5.89. The van der Waals surface area contributed by atoms with Crippen LogP contribution >= 0.6 is 0 Å². The highest BCUT2D eigenvalue weighted by Crippen LogP contribution is 2.22. The van der Waals surface area contributed by atoms with E-state index in [4.69, 9.17) is 5.11 Å². The normalized spacial score (nSPS) is 20.4. The molecule has 2 amide bonds. The zero-order valence-corrected chi connectivity index (χ0v) is 11.5. The maximum atomic E-state index is 11.8. The maximum absolute atomic E-state index is 11.8. The predicted octanol–water partition coefficient (Wildman–Crippen LogP) is 0.614. The van der Waals surface area contributed by atoms with Crippen LogP contribution in [0.3, 0.4) is 0 Å². The van der Waals surface area contributed by atoms with Gasteiger partial charge in [0.1, 0.15) is 0 Å². The Balaban J connectivity index is 2.42. The van der Waals surface area contributed by atoms with E-state index in [2.05, 4.69) is 12.2 Å². The second-order valence-corrected chi connectivity index (χ2v) is 5.02. The third kappa shape index (κ3) is 4.54. The first-order valence-electron chi connectivity index (χ1n) is 6.74. The molecule has 6 heteroatoms. The second kappa shape index (κ2) is 7.11. The van der Waals surface area contributed by atoms with E-state index in [1.165, 1.54) is 0 Å². The van der Waals surface area contributed by atoms with Crippen molar-refractivity contribution in [3.63, 3.8) is 0 Å². The van der Waals surface area contributed by atoms with Gasteiger partial charge in [-0.05, 0) is 13.3 Å². The lowest BCUT2D eigenvalue weighted by atomic mass is 10.1. The van der Waals surface area contributed by atoms with Gasteiger partial charge in [0, 0.05) is 25.6 Å². The van der Waals surface area contributed by atoms with Gasteiger partial charge in [0.25, 0.3) is 0 Å². The summed E-state index contributed by atoms with van der Waals surface area (Å²) in [5.41, 5.74) is 0. The Kier molecular flexibility index (Phi) is 5.79. The molecule has 0 aromatic heterocycles. The molecule has 1 heterocycles. The Morgan fingerprint density at radius 1 is 1.53 bits per heavy atom. The summed E-state index contributed by atoms with van der Waals surface area (Å²) >= 11 is 0. The molecule has 6 nitrogen and oxygen atoms in total. The smallest absolute Gasteiger partial charge is 0.305 e. The number of carboxylic acids is 1. The summed E-state index contributed by atoms with van der Waals surface area (Å²) in [5.74, 6) is -1.50. The van der Waals surface area contributed by atoms with Crippen molar-refractivity contribution in [3.8, 4) is 0 Å². The van der Waals surface area contributed by atoms with E-state index in [0.717, 1.165) is 12.8 Å². The van der Waals surface area contributed by atoms with Crippen LogP contribution in [0.4, 0.5) is 0 Å². The summed E-state index contributed by atoms with van der Waals surface area (Å²) in [7, 11) is 0. The van der Waals surface area contributed by atoms with Crippen molar-refractivity contribution < 1.29 is 19.5 Å². The Labute approximate surface area is 113 Å². The fraction of sp³-hybridized carbons (Fsp3) is 0.769. The largest absolute Gasteiger partial charge is 0.481 e. The molecule has 0 aliphatic carbocycles. The highest BCUT2D eigenvalue weighted by atomic mass is 16.4. The average molecular weight is 270 g/mol. The molecule has 0 aromatic rings. The topological polar surface area (TPSA) is 86.7 Å². The standard InChI is InChI=1S/C13H22N2O4/c1-3-4-9(2)15-8-10(7-11(15)16)13(19)14-6-5-12(17)18/h9-10H,3-8H2,1-2H3,(H,14,19)(H,17,18)/t9-,10-/m0/s1. The van der Waals surface area contributed by atoms with E-state index >= 15 is 0 Å². The molecule has 1 fully saturated rings. The third-order valence-electron chi connectivity index (χ3n) is 3.41. The minimum absolute atomic E-state index is 0.0133. The van der Waals surface area contributed by atoms with E-state index in [1.807, 2.05) is 6.92 Å². The molecular formula is C13H22N2O4. The molecule has 0 aromatic carbocycles. The monoisotopic (exact) mass is 270 g/mol. The summed E-state index contributed by atoms with van der Waals surface area (Å²) in [6.07, 6.45) is 2.06. The van der Waals surface area contributed by atoms with Crippen molar-refractivity contribution in [1.29, 1.82) is 0 Å². The van der Waals surface area contributed by atoms with Gasteiger partial charge in [-0.3, -0.25) is 14.4 Å². The molecule has 0 unspecified atom stereocenters. The summed E-state index contributed by atoms with van der Waals surface area (Å²) < 4.78 is 0. The van der Waals surface area contributed by atoms with Crippen LogP contribution in [0, 0.1) is 5.92 Å². The first-order chi connectivity index (χ1) is 8.95. The average Bonchev–Trinajstić information content (AvgIpc) is 2.71. The van der Waals surface area contributed by atoms with Gasteiger partial charge in [-0.25, -0.2) is 0 Å². The van der Waals surface area contributed by atoms with E-state index in [9.17, 15) is 14.4 Å². The molecule has 0 saturated carbocycles. The van der Waals surface area contributed by atoms with E-state index in [1.54, 1.807) is 4.90 Å². The summed E-state index contributed by atoms with van der Waals surface area (Å²) in [5, 5.41) is 11.1. The molecule has 1 aliphatic heterocycles. The van der Waals surface area contributed by atoms with E-state index < -0.39 is 5.97 Å². The minimum Gasteiger partial charge on any atom is -0.481 e. The highest BCUT2D eigenvalue weighted by Gasteiger charge is 2.36. The Morgan fingerprint density at radius 3 is 2.79 bits per heavy atom. The van der Waals surface area contributed by atoms with Crippen molar-refractivity contribution in [1.82, 2.24) is 10.2 Å². The van der Waals surface area contributed by atoms with Crippen molar-refractivity contribution in [2.75, 3.05) is 13.1 Å². The number of amides is 2. The number of carbonyl (C=O) groups excluding carboxylic acids is 2. The zero-order valence-electron chi connectivity index (χ0n) is 11.5.